The molecule has 3 rings (SSSR count). The fraction of sp³-hybridized carbons (Fsp3) is 0.400. The van der Waals surface area contributed by atoms with E-state index in [1.807, 2.05) is 0 Å². The number of carbonyl (C=O) groups excluding carboxylic acids is 2. The minimum atomic E-state index is -0.536. The van der Waals surface area contributed by atoms with Gasteiger partial charge in [-0.25, -0.2) is 4.39 Å². The average molecular weight is 374 g/mol. The minimum Gasteiger partial charge on any atom is -0.365 e. The average Bonchev–Trinajstić information content (AvgIpc) is 2.91. The van der Waals surface area contributed by atoms with Crippen molar-refractivity contribution in [3.8, 4) is 0 Å². The van der Waals surface area contributed by atoms with Crippen molar-refractivity contribution in [2.75, 3.05) is 5.32 Å². The van der Waals surface area contributed by atoms with E-state index in [4.69, 9.17) is 5.73 Å². The lowest BCUT2D eigenvalue weighted by Gasteiger charge is -2.33. The summed E-state index contributed by atoms with van der Waals surface area (Å²) in [7, 11) is 0. The molecule has 1 aromatic carbocycles. The number of carbonyl (C=O) groups is 2. The normalized spacial score (nSPS) is 16.8. The SMILES string of the molecule is CC(C)(C)C1CCc2c(sc(NC(=O)c3cccc(F)c3)c2C(N)=O)C1. The van der Waals surface area contributed by atoms with E-state index in [9.17, 15) is 14.0 Å². The van der Waals surface area contributed by atoms with Crippen molar-refractivity contribution in [2.24, 2.45) is 17.1 Å². The van der Waals surface area contributed by atoms with Crippen LogP contribution in [-0.4, -0.2) is 11.8 Å². The van der Waals surface area contributed by atoms with Crippen LogP contribution >= 0.6 is 11.3 Å². The molecule has 138 valence electrons. The van der Waals surface area contributed by atoms with Crippen LogP contribution in [0.4, 0.5) is 9.39 Å². The molecule has 1 atom stereocenters. The second-order valence-electron chi connectivity index (χ2n) is 7.84. The van der Waals surface area contributed by atoms with Crippen molar-refractivity contribution in [3.63, 3.8) is 0 Å². The molecule has 1 aliphatic carbocycles. The third-order valence-corrected chi connectivity index (χ3v) is 6.22. The van der Waals surface area contributed by atoms with Gasteiger partial charge in [0.1, 0.15) is 10.8 Å². The van der Waals surface area contributed by atoms with Crippen LogP contribution in [0, 0.1) is 17.2 Å². The van der Waals surface area contributed by atoms with Gasteiger partial charge in [-0.15, -0.1) is 11.3 Å². The zero-order valence-corrected chi connectivity index (χ0v) is 16.0. The van der Waals surface area contributed by atoms with E-state index in [-0.39, 0.29) is 11.0 Å². The van der Waals surface area contributed by atoms with E-state index in [1.54, 1.807) is 0 Å². The summed E-state index contributed by atoms with van der Waals surface area (Å²) in [6, 6.07) is 5.46. The first-order chi connectivity index (χ1) is 12.2. The summed E-state index contributed by atoms with van der Waals surface area (Å²) < 4.78 is 13.4. The molecular formula is C20H23FN2O2S. The maximum Gasteiger partial charge on any atom is 0.256 e. The number of hydrogen-bond acceptors (Lipinski definition) is 3. The molecule has 2 aromatic rings. The highest BCUT2D eigenvalue weighted by Crippen LogP contribution is 2.44. The van der Waals surface area contributed by atoms with Gasteiger partial charge in [-0.2, -0.15) is 0 Å². The largest absolute Gasteiger partial charge is 0.365 e. The van der Waals surface area contributed by atoms with E-state index in [2.05, 4.69) is 26.1 Å². The second-order valence-corrected chi connectivity index (χ2v) is 8.95. The number of primary amides is 1. The molecule has 0 saturated heterocycles. The summed E-state index contributed by atoms with van der Waals surface area (Å²) in [4.78, 5) is 25.6. The molecular weight excluding hydrogens is 351 g/mol. The number of nitrogens with two attached hydrogens (primary N) is 1. The summed E-state index contributed by atoms with van der Waals surface area (Å²) >= 11 is 1.41. The lowest BCUT2D eigenvalue weighted by atomic mass is 9.72. The molecule has 1 heterocycles. The van der Waals surface area contributed by atoms with Crippen LogP contribution in [0.1, 0.15) is 58.3 Å². The van der Waals surface area contributed by atoms with E-state index >= 15 is 0 Å². The maximum atomic E-state index is 13.4. The summed E-state index contributed by atoms with van der Waals surface area (Å²) in [6.45, 7) is 6.66. The van der Waals surface area contributed by atoms with Crippen molar-refractivity contribution < 1.29 is 14.0 Å². The smallest absolute Gasteiger partial charge is 0.256 e. The highest BCUT2D eigenvalue weighted by molar-refractivity contribution is 7.17. The standard InChI is InChI=1S/C20H23FN2O2S/c1-20(2,3)12-7-8-14-15(10-12)26-19(16(14)17(22)24)23-18(25)11-5-4-6-13(21)9-11/h4-6,9,12H,7-8,10H2,1-3H3,(H2,22,24)(H,23,25). The Morgan fingerprint density at radius 3 is 2.65 bits per heavy atom. The highest BCUT2D eigenvalue weighted by Gasteiger charge is 2.33. The predicted octanol–water partition coefficient (Wildman–Crippen LogP) is 4.39. The zero-order chi connectivity index (χ0) is 19.1. The van der Waals surface area contributed by atoms with Crippen LogP contribution in [0.3, 0.4) is 0 Å². The maximum absolute atomic E-state index is 13.4. The van der Waals surface area contributed by atoms with Crippen LogP contribution in [0.25, 0.3) is 0 Å². The van der Waals surface area contributed by atoms with Gasteiger partial charge in [0.15, 0.2) is 0 Å². The van der Waals surface area contributed by atoms with Gasteiger partial charge in [0, 0.05) is 10.4 Å². The van der Waals surface area contributed by atoms with E-state index in [1.165, 1.54) is 35.6 Å². The number of hydrogen-bond donors (Lipinski definition) is 2. The van der Waals surface area contributed by atoms with Gasteiger partial charge in [0.05, 0.1) is 5.56 Å². The van der Waals surface area contributed by atoms with E-state index in [0.29, 0.717) is 16.5 Å². The number of nitrogens with one attached hydrogen (secondary N) is 1. The molecule has 1 unspecified atom stereocenters. The van der Waals surface area contributed by atoms with Crippen LogP contribution in [0.5, 0.6) is 0 Å². The van der Waals surface area contributed by atoms with Gasteiger partial charge >= 0.3 is 0 Å². The van der Waals surface area contributed by atoms with Crippen molar-refractivity contribution >= 4 is 28.2 Å². The van der Waals surface area contributed by atoms with Gasteiger partial charge in [-0.05, 0) is 54.4 Å². The van der Waals surface area contributed by atoms with Gasteiger partial charge in [-0.3, -0.25) is 9.59 Å². The molecule has 0 radical (unpaired) electrons. The minimum absolute atomic E-state index is 0.180. The van der Waals surface area contributed by atoms with Crippen LogP contribution < -0.4 is 11.1 Å². The van der Waals surface area contributed by atoms with E-state index < -0.39 is 17.6 Å². The first kappa shape index (κ1) is 18.6. The molecule has 6 heteroatoms. The Balaban J connectivity index is 1.92. The molecule has 0 saturated carbocycles. The van der Waals surface area contributed by atoms with Crippen LogP contribution in [-0.2, 0) is 12.8 Å². The topological polar surface area (TPSA) is 72.2 Å². The Labute approximate surface area is 156 Å². The lowest BCUT2D eigenvalue weighted by molar-refractivity contribution is 0.1000. The summed E-state index contributed by atoms with van der Waals surface area (Å²) in [5.74, 6) is -0.948. The van der Waals surface area contributed by atoms with Gasteiger partial charge in [-0.1, -0.05) is 26.8 Å². The molecule has 0 aliphatic heterocycles. The van der Waals surface area contributed by atoms with Gasteiger partial charge < -0.3 is 11.1 Å². The van der Waals surface area contributed by atoms with Crippen molar-refractivity contribution in [3.05, 3.63) is 51.7 Å². The van der Waals surface area contributed by atoms with E-state index in [0.717, 1.165) is 29.7 Å². The molecule has 2 amide bonds. The first-order valence-electron chi connectivity index (χ1n) is 8.68. The molecule has 1 aliphatic rings. The number of benzene rings is 1. The van der Waals surface area contributed by atoms with Crippen molar-refractivity contribution in [2.45, 2.75) is 40.0 Å². The summed E-state index contributed by atoms with van der Waals surface area (Å²) in [6.07, 6.45) is 2.65. The monoisotopic (exact) mass is 374 g/mol. The second kappa shape index (κ2) is 6.83. The predicted molar refractivity (Wildman–Crippen MR) is 102 cm³/mol. The third kappa shape index (κ3) is 3.65. The van der Waals surface area contributed by atoms with Crippen molar-refractivity contribution in [1.29, 1.82) is 0 Å². The number of amides is 2. The lowest BCUT2D eigenvalue weighted by Crippen LogP contribution is -2.27. The molecule has 0 spiro atoms. The van der Waals surface area contributed by atoms with Crippen LogP contribution in [0.2, 0.25) is 0 Å². The number of rotatable bonds is 3. The van der Waals surface area contributed by atoms with Gasteiger partial charge in [0.2, 0.25) is 0 Å². The Kier molecular flexibility index (Phi) is 4.88. The molecule has 0 bridgehead atoms. The van der Waals surface area contributed by atoms with Crippen molar-refractivity contribution in [1.82, 2.24) is 0 Å². The van der Waals surface area contributed by atoms with Crippen LogP contribution in [0.15, 0.2) is 24.3 Å². The first-order valence-corrected chi connectivity index (χ1v) is 9.49. The zero-order valence-electron chi connectivity index (χ0n) is 15.2. The number of halogens is 1. The molecule has 0 fully saturated rings. The fourth-order valence-corrected chi connectivity index (χ4v) is 4.81. The Morgan fingerprint density at radius 1 is 1.31 bits per heavy atom. The number of thiophene rings is 1. The Morgan fingerprint density at radius 2 is 2.04 bits per heavy atom. The molecule has 4 nitrogen and oxygen atoms in total. The quantitative estimate of drug-likeness (QED) is 0.836. The molecule has 26 heavy (non-hydrogen) atoms. The fourth-order valence-electron chi connectivity index (χ4n) is 3.48. The Hall–Kier alpha value is -2.21. The van der Waals surface area contributed by atoms with Gasteiger partial charge in [0.25, 0.3) is 11.8 Å². The molecule has 3 N–H and O–H groups in total. The summed E-state index contributed by atoms with van der Waals surface area (Å²) in [5, 5.41) is 3.22. The highest BCUT2D eigenvalue weighted by atomic mass is 32.1. The third-order valence-electron chi connectivity index (χ3n) is 5.05. The molecule has 1 aromatic heterocycles. The number of fused-ring (bicyclic) bond motifs is 1. The number of anilines is 1. The Bertz CT molecular complexity index is 867. The summed E-state index contributed by atoms with van der Waals surface area (Å²) in [5.41, 5.74) is 7.35.